The van der Waals surface area contributed by atoms with Gasteiger partial charge >= 0.3 is 12.0 Å². The molecule has 0 saturated carbocycles. The lowest BCUT2D eigenvalue weighted by molar-refractivity contribution is -0.147. The van der Waals surface area contributed by atoms with E-state index in [9.17, 15) is 9.59 Å². The van der Waals surface area contributed by atoms with E-state index in [0.29, 0.717) is 12.5 Å². The zero-order valence-electron chi connectivity index (χ0n) is 11.4. The van der Waals surface area contributed by atoms with Crippen LogP contribution in [-0.4, -0.2) is 43.4 Å². The van der Waals surface area contributed by atoms with E-state index in [1.54, 1.807) is 0 Å². The molecule has 0 bridgehead atoms. The van der Waals surface area contributed by atoms with Crippen molar-refractivity contribution in [1.29, 1.82) is 0 Å². The van der Waals surface area contributed by atoms with Crippen LogP contribution in [0.15, 0.2) is 0 Å². The van der Waals surface area contributed by atoms with Crippen LogP contribution in [0.5, 0.6) is 0 Å². The monoisotopic (exact) mass is 260 g/mol. The Labute approximate surface area is 108 Å². The predicted octanol–water partition coefficient (Wildman–Crippen LogP) is 1.21. The number of ether oxygens (including phenoxy) is 1. The zero-order chi connectivity index (χ0) is 14.0. The Balaban J connectivity index is 3.56. The molecule has 6 heteroatoms. The van der Waals surface area contributed by atoms with Crippen molar-refractivity contribution >= 4 is 12.0 Å². The van der Waals surface area contributed by atoms with Crippen molar-refractivity contribution in [2.45, 2.75) is 39.2 Å². The highest BCUT2D eigenvalue weighted by Gasteiger charge is 2.16. The Morgan fingerprint density at radius 1 is 1.22 bits per heavy atom. The number of hydrogen-bond donors (Lipinski definition) is 3. The van der Waals surface area contributed by atoms with Gasteiger partial charge in [-0.25, -0.2) is 9.59 Å². The maximum Gasteiger partial charge on any atom is 0.334 e. The van der Waals surface area contributed by atoms with Crippen molar-refractivity contribution in [3.63, 3.8) is 0 Å². The van der Waals surface area contributed by atoms with Gasteiger partial charge in [0.1, 0.15) is 0 Å². The lowest BCUT2D eigenvalue weighted by Gasteiger charge is -2.12. The molecule has 0 aliphatic carbocycles. The van der Waals surface area contributed by atoms with E-state index in [-0.39, 0.29) is 12.6 Å². The van der Waals surface area contributed by atoms with Gasteiger partial charge in [-0.3, -0.25) is 0 Å². The van der Waals surface area contributed by atoms with Gasteiger partial charge < -0.3 is 20.5 Å². The summed E-state index contributed by atoms with van der Waals surface area (Å²) in [6, 6.07) is -0.358. The van der Waals surface area contributed by atoms with Crippen molar-refractivity contribution in [3.05, 3.63) is 0 Å². The van der Waals surface area contributed by atoms with Crippen molar-refractivity contribution in [3.8, 4) is 0 Å². The number of carboxylic acid groups (broad SMARTS) is 1. The van der Waals surface area contributed by atoms with Crippen LogP contribution in [0.4, 0.5) is 4.79 Å². The summed E-state index contributed by atoms with van der Waals surface area (Å²) in [4.78, 5) is 21.9. The highest BCUT2D eigenvalue weighted by Crippen LogP contribution is 2.04. The molecular weight excluding hydrogens is 236 g/mol. The number of unbranched alkanes of at least 4 members (excludes halogenated alkanes) is 1. The molecule has 3 N–H and O–H groups in total. The molecule has 0 aromatic carbocycles. The minimum absolute atomic E-state index is 0.0380. The third kappa shape index (κ3) is 8.81. The van der Waals surface area contributed by atoms with Crippen LogP contribution in [0, 0.1) is 5.92 Å². The molecule has 0 aromatic heterocycles. The van der Waals surface area contributed by atoms with Gasteiger partial charge in [0.05, 0.1) is 6.54 Å². The van der Waals surface area contributed by atoms with Crippen molar-refractivity contribution in [1.82, 2.24) is 10.6 Å². The highest BCUT2D eigenvalue weighted by atomic mass is 16.5. The van der Waals surface area contributed by atoms with Crippen molar-refractivity contribution < 1.29 is 19.4 Å². The van der Waals surface area contributed by atoms with Gasteiger partial charge in [0.2, 0.25) is 0 Å². The van der Waals surface area contributed by atoms with E-state index in [1.807, 2.05) is 0 Å². The number of carbonyl (C=O) groups excluding carboxylic acids is 1. The second-order valence-corrected chi connectivity index (χ2v) is 4.59. The molecule has 0 aromatic rings. The smallest absolute Gasteiger partial charge is 0.334 e. The fourth-order valence-electron chi connectivity index (χ4n) is 1.40. The molecular formula is C12H24N2O4. The van der Waals surface area contributed by atoms with Gasteiger partial charge in [0.25, 0.3) is 0 Å². The lowest BCUT2D eigenvalue weighted by Crippen LogP contribution is -2.43. The van der Waals surface area contributed by atoms with Crippen LogP contribution < -0.4 is 10.6 Å². The molecule has 0 radical (unpaired) electrons. The number of rotatable bonds is 9. The fraction of sp³-hybridized carbons (Fsp3) is 0.833. The molecule has 2 amide bonds. The third-order valence-electron chi connectivity index (χ3n) is 2.50. The van der Waals surface area contributed by atoms with Crippen LogP contribution in [0.2, 0.25) is 0 Å². The molecule has 106 valence electrons. The van der Waals surface area contributed by atoms with Gasteiger partial charge in [0, 0.05) is 13.7 Å². The van der Waals surface area contributed by atoms with Crippen molar-refractivity contribution in [2.75, 3.05) is 20.2 Å². The van der Waals surface area contributed by atoms with Crippen LogP contribution in [-0.2, 0) is 9.53 Å². The van der Waals surface area contributed by atoms with E-state index in [0.717, 1.165) is 19.3 Å². The van der Waals surface area contributed by atoms with Crippen LogP contribution in [0.25, 0.3) is 0 Å². The largest absolute Gasteiger partial charge is 0.479 e. The topological polar surface area (TPSA) is 87.7 Å². The molecule has 0 rings (SSSR count). The van der Waals surface area contributed by atoms with E-state index in [2.05, 4.69) is 29.2 Å². The average molecular weight is 260 g/mol. The Kier molecular flexibility index (Phi) is 9.00. The number of aliphatic carboxylic acids is 1. The number of carbonyl (C=O) groups is 2. The minimum atomic E-state index is -1.09. The third-order valence-corrected chi connectivity index (χ3v) is 2.50. The molecule has 1 atom stereocenters. The zero-order valence-corrected chi connectivity index (χ0v) is 11.4. The first kappa shape index (κ1) is 16.7. The van der Waals surface area contributed by atoms with E-state index >= 15 is 0 Å². The summed E-state index contributed by atoms with van der Waals surface area (Å²) in [5, 5.41) is 13.8. The van der Waals surface area contributed by atoms with Gasteiger partial charge in [0.15, 0.2) is 6.10 Å². The molecule has 1 unspecified atom stereocenters. The maximum atomic E-state index is 11.3. The first-order chi connectivity index (χ1) is 8.47. The molecule has 0 fully saturated rings. The number of urea groups is 1. The van der Waals surface area contributed by atoms with E-state index in [1.165, 1.54) is 7.11 Å². The first-order valence-electron chi connectivity index (χ1n) is 6.24. The average Bonchev–Trinajstić information content (AvgIpc) is 2.28. The molecule has 0 saturated heterocycles. The SMILES string of the molecule is COC(CNC(=O)NCCCCC(C)C)C(=O)O. The lowest BCUT2D eigenvalue weighted by atomic mass is 10.1. The molecule has 0 aliphatic rings. The number of hydrogen-bond acceptors (Lipinski definition) is 3. The van der Waals surface area contributed by atoms with Crippen LogP contribution >= 0.6 is 0 Å². The van der Waals surface area contributed by atoms with Gasteiger partial charge in [-0.1, -0.05) is 26.7 Å². The predicted molar refractivity (Wildman–Crippen MR) is 68.5 cm³/mol. The molecule has 0 heterocycles. The van der Waals surface area contributed by atoms with E-state index < -0.39 is 12.1 Å². The molecule has 0 aliphatic heterocycles. The quantitative estimate of drug-likeness (QED) is 0.544. The summed E-state index contributed by atoms with van der Waals surface area (Å²) < 4.78 is 4.69. The summed E-state index contributed by atoms with van der Waals surface area (Å²) in [6.07, 6.45) is 2.15. The van der Waals surface area contributed by atoms with Crippen LogP contribution in [0.1, 0.15) is 33.1 Å². The molecule has 0 spiro atoms. The van der Waals surface area contributed by atoms with Crippen LogP contribution in [0.3, 0.4) is 0 Å². The minimum Gasteiger partial charge on any atom is -0.479 e. The maximum absolute atomic E-state index is 11.3. The highest BCUT2D eigenvalue weighted by molar-refractivity contribution is 5.76. The summed E-state index contributed by atoms with van der Waals surface area (Å²) in [6.45, 7) is 4.89. The van der Waals surface area contributed by atoms with E-state index in [4.69, 9.17) is 5.11 Å². The number of amides is 2. The van der Waals surface area contributed by atoms with Crippen molar-refractivity contribution in [2.24, 2.45) is 5.92 Å². The summed E-state index contributed by atoms with van der Waals surface area (Å²) in [5.41, 5.74) is 0. The Morgan fingerprint density at radius 3 is 2.39 bits per heavy atom. The number of nitrogens with one attached hydrogen (secondary N) is 2. The second-order valence-electron chi connectivity index (χ2n) is 4.59. The van der Waals surface area contributed by atoms with Gasteiger partial charge in [-0.15, -0.1) is 0 Å². The second kappa shape index (κ2) is 9.70. The molecule has 18 heavy (non-hydrogen) atoms. The Hall–Kier alpha value is -1.30. The Morgan fingerprint density at radius 2 is 1.89 bits per heavy atom. The normalized spacial score (nSPS) is 12.2. The number of carboxylic acids is 1. The standard InChI is InChI=1S/C12H24N2O4/c1-9(2)6-4-5-7-13-12(17)14-8-10(18-3)11(15)16/h9-10H,4-8H2,1-3H3,(H,15,16)(H2,13,14,17). The Bertz CT molecular complexity index is 256. The summed E-state index contributed by atoms with van der Waals surface area (Å²) in [7, 11) is 1.30. The first-order valence-corrected chi connectivity index (χ1v) is 6.24. The number of methoxy groups -OCH3 is 1. The van der Waals surface area contributed by atoms with Gasteiger partial charge in [-0.05, 0) is 12.3 Å². The fourth-order valence-corrected chi connectivity index (χ4v) is 1.40. The van der Waals surface area contributed by atoms with Gasteiger partial charge in [-0.2, -0.15) is 0 Å². The summed E-state index contributed by atoms with van der Waals surface area (Å²) >= 11 is 0. The summed E-state index contributed by atoms with van der Waals surface area (Å²) in [5.74, 6) is -0.411. The molecule has 6 nitrogen and oxygen atoms in total.